The smallest absolute Gasteiger partial charge is 0.292 e. The third kappa shape index (κ3) is 7.53. The van der Waals surface area contributed by atoms with E-state index >= 15 is 0 Å². The minimum absolute atomic E-state index is 0.0592. The minimum Gasteiger partial charge on any atom is -0.520 e. The first-order valence-electron chi connectivity index (χ1n) is 4.28. The maximum absolute atomic E-state index is 11.1. The Bertz CT molecular complexity index is 158. The highest BCUT2D eigenvalue weighted by atomic mass is 28.4. The topological polar surface area (TPSA) is 26.3 Å². The number of hydrogen-bond acceptors (Lipinski definition) is 2. The van der Waals surface area contributed by atoms with Crippen LogP contribution in [0.5, 0.6) is 0 Å². The molecule has 0 aromatic rings. The molecule has 3 heteroatoms. The molecular weight excluding hydrogens is 168 g/mol. The summed E-state index contributed by atoms with van der Waals surface area (Å²) < 4.78 is 5.25. The fourth-order valence-electron chi connectivity index (χ4n) is 0.783. The van der Waals surface area contributed by atoms with Crippen molar-refractivity contribution < 1.29 is 9.22 Å². The third-order valence-electron chi connectivity index (χ3n) is 1.21. The predicted molar refractivity (Wildman–Crippen MR) is 53.5 cm³/mol. The molecule has 0 fully saturated rings. The zero-order chi connectivity index (χ0) is 9.61. The maximum atomic E-state index is 11.1. The lowest BCUT2D eigenvalue weighted by molar-refractivity contribution is -0.135. The molecule has 0 bridgehead atoms. The summed E-state index contributed by atoms with van der Waals surface area (Å²) in [5.41, 5.74) is 0. The van der Waals surface area contributed by atoms with Gasteiger partial charge in [0.15, 0.2) is 0 Å². The Morgan fingerprint density at radius 1 is 1.50 bits per heavy atom. The number of carbonyl (C=O) groups excluding carboxylic acids is 1. The predicted octanol–water partition coefficient (Wildman–Crippen LogP) is 2.72. The van der Waals surface area contributed by atoms with Gasteiger partial charge < -0.3 is 4.43 Å². The zero-order valence-electron chi connectivity index (χ0n) is 8.22. The largest absolute Gasteiger partial charge is 0.520 e. The fraction of sp³-hybridized carbons (Fsp3) is 0.667. The molecule has 12 heavy (non-hydrogen) atoms. The van der Waals surface area contributed by atoms with E-state index in [0.29, 0.717) is 6.42 Å². The van der Waals surface area contributed by atoms with Gasteiger partial charge in [0.1, 0.15) is 0 Å². The average molecular weight is 186 g/mol. The van der Waals surface area contributed by atoms with E-state index in [0.717, 1.165) is 12.8 Å². The first-order chi connectivity index (χ1) is 5.45. The maximum Gasteiger partial charge on any atom is 0.292 e. The van der Waals surface area contributed by atoms with Crippen LogP contribution in [0.3, 0.4) is 0 Å². The number of carbonyl (C=O) groups is 1. The Morgan fingerprint density at radius 3 is 2.50 bits per heavy atom. The van der Waals surface area contributed by atoms with Crippen molar-refractivity contribution in [1.29, 1.82) is 0 Å². The van der Waals surface area contributed by atoms with E-state index in [2.05, 4.69) is 6.58 Å². The van der Waals surface area contributed by atoms with Crippen LogP contribution in [0, 0.1) is 0 Å². The van der Waals surface area contributed by atoms with Gasteiger partial charge in [0.25, 0.3) is 5.97 Å². The summed E-state index contributed by atoms with van der Waals surface area (Å²) in [4.78, 5) is 11.1. The van der Waals surface area contributed by atoms with Gasteiger partial charge in [-0.15, -0.1) is 6.58 Å². The second kappa shape index (κ2) is 5.14. The Labute approximate surface area is 75.7 Å². The molecule has 0 aromatic heterocycles. The molecule has 0 saturated heterocycles. The monoisotopic (exact) mass is 186 g/mol. The quantitative estimate of drug-likeness (QED) is 0.375. The Hall–Kier alpha value is -0.573. The number of unbranched alkanes of at least 4 members (excludes halogenated alkanes) is 1. The van der Waals surface area contributed by atoms with Crippen LogP contribution in [0.1, 0.15) is 19.3 Å². The second-order valence-electron chi connectivity index (χ2n) is 3.77. The molecule has 0 aromatic carbocycles. The molecule has 0 aliphatic rings. The Morgan fingerprint density at radius 2 is 2.08 bits per heavy atom. The molecule has 0 rings (SSSR count). The molecule has 2 nitrogen and oxygen atoms in total. The Kier molecular flexibility index (Phi) is 4.89. The van der Waals surface area contributed by atoms with Crippen LogP contribution in [0.2, 0.25) is 19.6 Å². The molecule has 0 radical (unpaired) electrons. The molecular formula is C9H18O2Si. The zero-order valence-corrected chi connectivity index (χ0v) is 9.22. The summed E-state index contributed by atoms with van der Waals surface area (Å²) in [5, 5.41) is 0. The lowest BCUT2D eigenvalue weighted by atomic mass is 10.2. The summed E-state index contributed by atoms with van der Waals surface area (Å²) in [7, 11) is -1.66. The van der Waals surface area contributed by atoms with Crippen LogP contribution in [0.4, 0.5) is 0 Å². The highest BCUT2D eigenvalue weighted by molar-refractivity contribution is 6.71. The van der Waals surface area contributed by atoms with Crippen molar-refractivity contribution in [3.8, 4) is 0 Å². The lowest BCUT2D eigenvalue weighted by Gasteiger charge is -2.16. The summed E-state index contributed by atoms with van der Waals surface area (Å²) >= 11 is 0. The van der Waals surface area contributed by atoms with E-state index in [1.54, 1.807) is 0 Å². The van der Waals surface area contributed by atoms with Crippen molar-refractivity contribution in [2.75, 3.05) is 0 Å². The normalized spacial score (nSPS) is 10.9. The van der Waals surface area contributed by atoms with Gasteiger partial charge in [0.05, 0.1) is 0 Å². The summed E-state index contributed by atoms with van der Waals surface area (Å²) in [6, 6.07) is 0. The van der Waals surface area contributed by atoms with E-state index in [1.807, 2.05) is 25.7 Å². The van der Waals surface area contributed by atoms with Crippen molar-refractivity contribution in [3.05, 3.63) is 12.7 Å². The Balaban J connectivity index is 3.53. The molecule has 0 atom stereocenters. The van der Waals surface area contributed by atoms with Gasteiger partial charge in [0.2, 0.25) is 8.32 Å². The summed E-state index contributed by atoms with van der Waals surface area (Å²) in [6.45, 7) is 9.63. The minimum atomic E-state index is -1.66. The van der Waals surface area contributed by atoms with Gasteiger partial charge in [-0.2, -0.15) is 0 Å². The van der Waals surface area contributed by atoms with Gasteiger partial charge in [-0.05, 0) is 32.5 Å². The molecule has 0 aliphatic heterocycles. The standard InChI is InChI=1S/C9H18O2Si/c1-5-6-7-8-9(10)11-12(2,3)4/h5H,1,6-8H2,2-4H3. The van der Waals surface area contributed by atoms with Crippen LogP contribution in [-0.4, -0.2) is 14.3 Å². The van der Waals surface area contributed by atoms with E-state index in [-0.39, 0.29) is 5.97 Å². The van der Waals surface area contributed by atoms with Crippen molar-refractivity contribution in [1.82, 2.24) is 0 Å². The van der Waals surface area contributed by atoms with Gasteiger partial charge in [-0.25, -0.2) is 0 Å². The van der Waals surface area contributed by atoms with Gasteiger partial charge in [-0.1, -0.05) is 6.08 Å². The number of rotatable bonds is 5. The number of hydrogen-bond donors (Lipinski definition) is 0. The SMILES string of the molecule is C=CCCCC(=O)O[Si](C)(C)C. The van der Waals surface area contributed by atoms with Crippen LogP contribution in [0.25, 0.3) is 0 Å². The van der Waals surface area contributed by atoms with Crippen molar-refractivity contribution in [2.24, 2.45) is 0 Å². The van der Waals surface area contributed by atoms with Crippen LogP contribution in [0.15, 0.2) is 12.7 Å². The van der Waals surface area contributed by atoms with Crippen LogP contribution in [-0.2, 0) is 9.22 Å². The molecule has 0 spiro atoms. The van der Waals surface area contributed by atoms with Crippen molar-refractivity contribution >= 4 is 14.3 Å². The van der Waals surface area contributed by atoms with Crippen molar-refractivity contribution in [3.63, 3.8) is 0 Å². The summed E-state index contributed by atoms with van der Waals surface area (Å²) in [5.74, 6) is -0.0592. The molecule has 0 N–H and O–H groups in total. The summed E-state index contributed by atoms with van der Waals surface area (Å²) in [6.07, 6.45) is 4.09. The van der Waals surface area contributed by atoms with Gasteiger partial charge >= 0.3 is 0 Å². The van der Waals surface area contributed by atoms with Crippen LogP contribution < -0.4 is 0 Å². The van der Waals surface area contributed by atoms with E-state index in [1.165, 1.54) is 0 Å². The molecule has 0 unspecified atom stereocenters. The highest BCUT2D eigenvalue weighted by Crippen LogP contribution is 2.06. The average Bonchev–Trinajstić information content (AvgIpc) is 1.84. The van der Waals surface area contributed by atoms with E-state index in [9.17, 15) is 4.79 Å². The highest BCUT2D eigenvalue weighted by Gasteiger charge is 2.18. The third-order valence-corrected chi connectivity index (χ3v) is 2.05. The lowest BCUT2D eigenvalue weighted by Crippen LogP contribution is -2.28. The molecule has 0 amide bonds. The van der Waals surface area contributed by atoms with Crippen molar-refractivity contribution in [2.45, 2.75) is 38.9 Å². The van der Waals surface area contributed by atoms with Crippen LogP contribution >= 0.6 is 0 Å². The van der Waals surface area contributed by atoms with Gasteiger partial charge in [-0.3, -0.25) is 4.79 Å². The second-order valence-corrected chi connectivity index (χ2v) is 8.20. The molecule has 0 aliphatic carbocycles. The molecule has 70 valence electrons. The first kappa shape index (κ1) is 11.4. The molecule has 0 heterocycles. The number of allylic oxidation sites excluding steroid dienone is 1. The van der Waals surface area contributed by atoms with E-state index < -0.39 is 8.32 Å². The molecule has 0 saturated carbocycles. The van der Waals surface area contributed by atoms with E-state index in [4.69, 9.17) is 4.43 Å². The fourth-order valence-corrected chi connectivity index (χ4v) is 1.57. The first-order valence-corrected chi connectivity index (χ1v) is 7.69. The van der Waals surface area contributed by atoms with Gasteiger partial charge in [0, 0.05) is 6.42 Å².